The summed E-state index contributed by atoms with van der Waals surface area (Å²) in [4.78, 5) is 6.56. The van der Waals surface area contributed by atoms with Crippen molar-refractivity contribution in [2.75, 3.05) is 18.0 Å². The number of para-hydroxylation sites is 1. The molecule has 212 valence electrons. The van der Waals surface area contributed by atoms with Gasteiger partial charge in [0.1, 0.15) is 23.5 Å². The normalized spacial score (nSPS) is 14.3. The zero-order valence-corrected chi connectivity index (χ0v) is 23.0. The van der Waals surface area contributed by atoms with Gasteiger partial charge in [0, 0.05) is 54.3 Å². The molecule has 0 bridgehead atoms. The third-order valence-corrected chi connectivity index (χ3v) is 9.20. The highest BCUT2D eigenvalue weighted by molar-refractivity contribution is 7.90. The largest absolute Gasteiger partial charge is 0.506 e. The van der Waals surface area contributed by atoms with Crippen LogP contribution in [0.1, 0.15) is 18.4 Å². The van der Waals surface area contributed by atoms with E-state index < -0.39 is 21.7 Å². The number of nitriles is 1. The molecule has 42 heavy (non-hydrogen) atoms. The molecular formula is C31H25F2N5O3S. The maximum absolute atomic E-state index is 14.4. The molecule has 2 aromatic heterocycles. The van der Waals surface area contributed by atoms with Gasteiger partial charge in [-0.1, -0.05) is 30.3 Å². The van der Waals surface area contributed by atoms with Crippen molar-refractivity contribution < 1.29 is 22.3 Å². The second kappa shape index (κ2) is 10.6. The second-order valence-corrected chi connectivity index (χ2v) is 12.0. The predicted octanol–water partition coefficient (Wildman–Crippen LogP) is 5.39. The summed E-state index contributed by atoms with van der Waals surface area (Å²) in [5, 5.41) is 21.0. The zero-order chi connectivity index (χ0) is 29.6. The third-order valence-electron chi connectivity index (χ3n) is 7.53. The lowest BCUT2D eigenvalue weighted by Crippen LogP contribution is -2.40. The van der Waals surface area contributed by atoms with E-state index in [9.17, 15) is 27.6 Å². The van der Waals surface area contributed by atoms with Crippen molar-refractivity contribution in [2.24, 2.45) is 5.73 Å². The number of pyridine rings is 1. The molecule has 5 aromatic rings. The molecule has 1 aliphatic rings. The van der Waals surface area contributed by atoms with Gasteiger partial charge in [0.2, 0.25) is 0 Å². The smallest absolute Gasteiger partial charge is 0.269 e. The van der Waals surface area contributed by atoms with Crippen molar-refractivity contribution in [3.05, 3.63) is 96.3 Å². The van der Waals surface area contributed by atoms with Gasteiger partial charge in [0.15, 0.2) is 5.65 Å². The predicted molar refractivity (Wildman–Crippen MR) is 155 cm³/mol. The van der Waals surface area contributed by atoms with Crippen molar-refractivity contribution in [1.82, 2.24) is 8.96 Å². The number of phenolic OH excluding ortho intramolecular Hbond substituents is 1. The fourth-order valence-electron chi connectivity index (χ4n) is 5.47. The van der Waals surface area contributed by atoms with Crippen LogP contribution in [0.5, 0.6) is 5.75 Å². The first-order valence-electron chi connectivity index (χ1n) is 13.2. The molecule has 0 aliphatic carbocycles. The number of rotatable bonds is 5. The molecular weight excluding hydrogens is 560 g/mol. The first-order chi connectivity index (χ1) is 20.2. The van der Waals surface area contributed by atoms with Gasteiger partial charge in [-0.2, -0.15) is 5.26 Å². The fraction of sp³-hybridized carbons (Fsp3) is 0.161. The highest BCUT2D eigenvalue weighted by atomic mass is 32.2. The Morgan fingerprint density at radius 2 is 1.64 bits per heavy atom. The summed E-state index contributed by atoms with van der Waals surface area (Å²) in [5.41, 5.74) is 7.83. The molecule has 3 heterocycles. The van der Waals surface area contributed by atoms with E-state index in [0.717, 1.165) is 10.0 Å². The number of aromatic nitrogens is 2. The summed E-state index contributed by atoms with van der Waals surface area (Å²) >= 11 is 0. The van der Waals surface area contributed by atoms with Crippen LogP contribution in [0.4, 0.5) is 14.5 Å². The van der Waals surface area contributed by atoms with Crippen LogP contribution in [0.25, 0.3) is 33.3 Å². The van der Waals surface area contributed by atoms with Gasteiger partial charge >= 0.3 is 0 Å². The van der Waals surface area contributed by atoms with E-state index in [1.165, 1.54) is 42.7 Å². The molecule has 1 fully saturated rings. The number of hydrogen-bond donors (Lipinski definition) is 2. The van der Waals surface area contributed by atoms with Gasteiger partial charge in [-0.25, -0.2) is 26.2 Å². The van der Waals surface area contributed by atoms with E-state index in [1.54, 1.807) is 30.3 Å². The maximum Gasteiger partial charge on any atom is 0.269 e. The summed E-state index contributed by atoms with van der Waals surface area (Å²) in [6.45, 7) is 0.983. The van der Waals surface area contributed by atoms with Gasteiger partial charge < -0.3 is 15.7 Å². The number of fused-ring (bicyclic) bond motifs is 1. The van der Waals surface area contributed by atoms with Crippen LogP contribution >= 0.6 is 0 Å². The SMILES string of the molecule is N#Cc1cccc(-c2cn(S(=O)(=O)c3ccccc3)c3ncc(-c4cc(F)cc(F)c4)c(N4CCC(N)CC4)c23)c1O. The average Bonchev–Trinajstić information content (AvgIpc) is 3.38. The molecule has 1 saturated heterocycles. The molecule has 0 spiro atoms. The molecule has 11 heteroatoms. The molecule has 3 aromatic carbocycles. The number of aromatic hydroxyl groups is 1. The van der Waals surface area contributed by atoms with Crippen molar-refractivity contribution in [3.63, 3.8) is 0 Å². The molecule has 6 rings (SSSR count). The van der Waals surface area contributed by atoms with Crippen LogP contribution in [0.2, 0.25) is 0 Å². The monoisotopic (exact) mass is 585 g/mol. The Kier molecular flexibility index (Phi) is 6.88. The van der Waals surface area contributed by atoms with Gasteiger partial charge in [-0.15, -0.1) is 0 Å². The van der Waals surface area contributed by atoms with Crippen LogP contribution in [0.15, 0.2) is 84.0 Å². The summed E-state index contributed by atoms with van der Waals surface area (Å²) < 4.78 is 57.8. The molecule has 0 saturated carbocycles. The minimum atomic E-state index is -4.18. The Balaban J connectivity index is 1.75. The Morgan fingerprint density at radius 1 is 0.952 bits per heavy atom. The van der Waals surface area contributed by atoms with E-state index in [2.05, 4.69) is 4.98 Å². The number of halogens is 2. The molecule has 1 aliphatic heterocycles. The van der Waals surface area contributed by atoms with Crippen LogP contribution in [0.3, 0.4) is 0 Å². The second-order valence-electron chi connectivity index (χ2n) is 10.2. The quantitative estimate of drug-likeness (QED) is 0.283. The number of anilines is 1. The number of nitrogens with two attached hydrogens (primary N) is 1. The summed E-state index contributed by atoms with van der Waals surface area (Å²) in [7, 11) is -4.18. The summed E-state index contributed by atoms with van der Waals surface area (Å²) in [5.74, 6) is -1.88. The number of phenols is 1. The molecule has 0 unspecified atom stereocenters. The first kappa shape index (κ1) is 27.4. The Labute approximate surface area is 240 Å². The Morgan fingerprint density at radius 3 is 2.31 bits per heavy atom. The van der Waals surface area contributed by atoms with Crippen LogP contribution in [-0.4, -0.2) is 41.6 Å². The average molecular weight is 586 g/mol. The number of benzene rings is 3. The molecule has 0 amide bonds. The van der Waals surface area contributed by atoms with E-state index in [1.807, 2.05) is 11.0 Å². The number of nitrogens with zero attached hydrogens (tertiary/aromatic N) is 4. The molecule has 0 atom stereocenters. The fourth-order valence-corrected chi connectivity index (χ4v) is 6.81. The van der Waals surface area contributed by atoms with E-state index >= 15 is 0 Å². The molecule has 0 radical (unpaired) electrons. The Bertz CT molecular complexity index is 1960. The van der Waals surface area contributed by atoms with Crippen molar-refractivity contribution in [1.29, 1.82) is 5.26 Å². The van der Waals surface area contributed by atoms with E-state index in [-0.39, 0.29) is 44.6 Å². The van der Waals surface area contributed by atoms with Gasteiger partial charge in [-0.05, 0) is 48.7 Å². The van der Waals surface area contributed by atoms with Gasteiger partial charge in [0.25, 0.3) is 10.0 Å². The van der Waals surface area contributed by atoms with Crippen molar-refractivity contribution in [2.45, 2.75) is 23.8 Å². The molecule has 3 N–H and O–H groups in total. The first-order valence-corrected chi connectivity index (χ1v) is 14.7. The molecule has 8 nitrogen and oxygen atoms in total. The highest BCUT2D eigenvalue weighted by Gasteiger charge is 2.30. The minimum absolute atomic E-state index is 0.00104. The van der Waals surface area contributed by atoms with E-state index in [0.29, 0.717) is 42.6 Å². The lowest BCUT2D eigenvalue weighted by Gasteiger charge is -2.34. The minimum Gasteiger partial charge on any atom is -0.506 e. The Hall–Kier alpha value is -4.79. The maximum atomic E-state index is 14.4. The highest BCUT2D eigenvalue weighted by Crippen LogP contribution is 2.46. The third kappa shape index (κ3) is 4.64. The van der Waals surface area contributed by atoms with Crippen molar-refractivity contribution in [3.8, 4) is 34.1 Å². The number of piperidine rings is 1. The topological polar surface area (TPSA) is 125 Å². The standard InChI is InChI=1S/C31H25F2N5O3S/c32-21-13-20(14-22(33)15-21)26-17-36-31-28(29(26)37-11-9-23(35)10-12-37)27(25-8-4-5-19(16-34)30(25)39)18-38(31)42(40,41)24-6-2-1-3-7-24/h1-8,13-15,17-18,23,39H,9-12,35H2. The van der Waals surface area contributed by atoms with Gasteiger partial charge in [-0.3, -0.25) is 0 Å². The lowest BCUT2D eigenvalue weighted by atomic mass is 9.95. The lowest BCUT2D eigenvalue weighted by molar-refractivity contribution is 0.475. The van der Waals surface area contributed by atoms with Crippen molar-refractivity contribution >= 4 is 26.7 Å². The van der Waals surface area contributed by atoms with Crippen LogP contribution in [-0.2, 0) is 10.0 Å². The number of hydrogen-bond acceptors (Lipinski definition) is 7. The summed E-state index contributed by atoms with van der Waals surface area (Å²) in [6, 6.07) is 17.5. The van der Waals surface area contributed by atoms with Gasteiger partial charge in [0.05, 0.1) is 21.5 Å². The zero-order valence-electron chi connectivity index (χ0n) is 22.2. The van der Waals surface area contributed by atoms with Crippen LogP contribution < -0.4 is 10.6 Å². The van der Waals surface area contributed by atoms with E-state index in [4.69, 9.17) is 5.73 Å². The van der Waals surface area contributed by atoms with Crippen LogP contribution in [0, 0.1) is 23.0 Å². The summed E-state index contributed by atoms with van der Waals surface area (Å²) in [6.07, 6.45) is 4.04.